The summed E-state index contributed by atoms with van der Waals surface area (Å²) in [5.74, 6) is 0.261. The molecule has 0 rings (SSSR count). The molecule has 0 aromatic heterocycles. The Labute approximate surface area is 111 Å². The van der Waals surface area contributed by atoms with E-state index in [-0.39, 0.29) is 11.8 Å². The Kier molecular flexibility index (Phi) is 9.77. The van der Waals surface area contributed by atoms with E-state index in [1.54, 1.807) is 6.26 Å². The summed E-state index contributed by atoms with van der Waals surface area (Å²) in [6.07, 6.45) is 5.18. The fourth-order valence-electron chi connectivity index (χ4n) is 1.49. The summed E-state index contributed by atoms with van der Waals surface area (Å²) < 4.78 is 15.4. The maximum atomic E-state index is 11.6. The number of esters is 1. The van der Waals surface area contributed by atoms with Crippen molar-refractivity contribution in [3.63, 3.8) is 0 Å². The minimum absolute atomic E-state index is 0.0125. The lowest BCUT2D eigenvalue weighted by Gasteiger charge is -2.09. The molecule has 0 aromatic carbocycles. The highest BCUT2D eigenvalue weighted by molar-refractivity contribution is 7.84. The summed E-state index contributed by atoms with van der Waals surface area (Å²) in [4.78, 5) is 22.4. The highest BCUT2D eigenvalue weighted by Crippen LogP contribution is 2.06. The Bertz CT molecular complexity index is 294. The van der Waals surface area contributed by atoms with E-state index in [0.29, 0.717) is 25.0 Å². The monoisotopic (exact) mass is 277 g/mol. The summed E-state index contributed by atoms with van der Waals surface area (Å²) >= 11 is 0. The van der Waals surface area contributed by atoms with Crippen LogP contribution >= 0.6 is 0 Å². The molecule has 2 unspecified atom stereocenters. The van der Waals surface area contributed by atoms with Crippen molar-refractivity contribution in [1.82, 2.24) is 0 Å². The predicted octanol–water partition coefficient (Wildman–Crippen LogP) is 0.775. The number of Topliss-reactive ketones (excluding diaryl/α,β-unsaturated/α-hetero) is 1. The molecule has 0 radical (unpaired) electrons. The van der Waals surface area contributed by atoms with E-state index in [0.717, 1.165) is 19.3 Å². The molecule has 0 bridgehead atoms. The standard InChI is InChI=1S/C12H23NO4S/c1-17-12(15)7-5-3-4-6-11(14)10(13)8-9-18(2)16/h10H,3-9,13H2,1-2H3. The third-order valence-corrected chi connectivity index (χ3v) is 3.47. The fourth-order valence-corrected chi connectivity index (χ4v) is 2.07. The van der Waals surface area contributed by atoms with Crippen molar-refractivity contribution in [2.45, 2.75) is 44.6 Å². The minimum Gasteiger partial charge on any atom is -0.469 e. The summed E-state index contributed by atoms with van der Waals surface area (Å²) in [6, 6.07) is -0.505. The van der Waals surface area contributed by atoms with Gasteiger partial charge < -0.3 is 10.5 Å². The van der Waals surface area contributed by atoms with Gasteiger partial charge in [0, 0.05) is 35.6 Å². The Morgan fingerprint density at radius 1 is 1.22 bits per heavy atom. The van der Waals surface area contributed by atoms with E-state index in [9.17, 15) is 13.8 Å². The van der Waals surface area contributed by atoms with E-state index in [4.69, 9.17) is 5.73 Å². The number of rotatable bonds is 10. The highest BCUT2D eigenvalue weighted by Gasteiger charge is 2.13. The van der Waals surface area contributed by atoms with Crippen LogP contribution in [-0.4, -0.2) is 41.1 Å². The number of hydrogen-bond donors (Lipinski definition) is 1. The van der Waals surface area contributed by atoms with Crippen LogP contribution in [0.3, 0.4) is 0 Å². The molecule has 0 amide bonds. The molecule has 0 aromatic rings. The van der Waals surface area contributed by atoms with Crippen molar-refractivity contribution >= 4 is 22.6 Å². The maximum absolute atomic E-state index is 11.6. The number of methoxy groups -OCH3 is 1. The lowest BCUT2D eigenvalue weighted by molar-refractivity contribution is -0.140. The number of nitrogens with two attached hydrogens (primary N) is 1. The molecular formula is C12H23NO4S. The van der Waals surface area contributed by atoms with Crippen LogP contribution in [-0.2, 0) is 25.1 Å². The van der Waals surface area contributed by atoms with Crippen molar-refractivity contribution < 1.29 is 18.5 Å². The molecule has 0 saturated heterocycles. The first-order valence-corrected chi connectivity index (χ1v) is 7.85. The van der Waals surface area contributed by atoms with Gasteiger partial charge in [-0.1, -0.05) is 6.42 Å². The van der Waals surface area contributed by atoms with Crippen LogP contribution < -0.4 is 5.73 Å². The molecule has 5 nitrogen and oxygen atoms in total. The van der Waals surface area contributed by atoms with Gasteiger partial charge >= 0.3 is 5.97 Å². The Morgan fingerprint density at radius 2 is 1.83 bits per heavy atom. The van der Waals surface area contributed by atoms with Gasteiger partial charge in [-0.15, -0.1) is 0 Å². The van der Waals surface area contributed by atoms with E-state index in [1.807, 2.05) is 0 Å². The van der Waals surface area contributed by atoms with Crippen molar-refractivity contribution in [3.8, 4) is 0 Å². The third-order valence-electron chi connectivity index (χ3n) is 2.66. The molecule has 0 aliphatic heterocycles. The zero-order valence-electron chi connectivity index (χ0n) is 11.1. The second-order valence-corrected chi connectivity index (χ2v) is 5.83. The number of unbranched alkanes of at least 4 members (excludes halogenated alkanes) is 2. The molecule has 0 aliphatic rings. The molecule has 0 heterocycles. The van der Waals surface area contributed by atoms with E-state index >= 15 is 0 Å². The first-order chi connectivity index (χ1) is 8.47. The van der Waals surface area contributed by atoms with Crippen LogP contribution in [0.5, 0.6) is 0 Å². The highest BCUT2D eigenvalue weighted by atomic mass is 32.2. The van der Waals surface area contributed by atoms with Crippen molar-refractivity contribution in [2.75, 3.05) is 19.1 Å². The van der Waals surface area contributed by atoms with Crippen molar-refractivity contribution in [1.29, 1.82) is 0 Å². The van der Waals surface area contributed by atoms with Gasteiger partial charge in [0.2, 0.25) is 0 Å². The quantitative estimate of drug-likeness (QED) is 0.471. The number of hydrogen-bond acceptors (Lipinski definition) is 5. The zero-order chi connectivity index (χ0) is 14.0. The van der Waals surface area contributed by atoms with Crippen LogP contribution in [0, 0.1) is 0 Å². The Balaban J connectivity index is 3.57. The number of carbonyl (C=O) groups excluding carboxylic acids is 2. The summed E-state index contributed by atoms with van der Waals surface area (Å²) in [6.45, 7) is 0. The topological polar surface area (TPSA) is 86.5 Å². The van der Waals surface area contributed by atoms with Gasteiger partial charge in [0.15, 0.2) is 0 Å². The average molecular weight is 277 g/mol. The largest absolute Gasteiger partial charge is 0.469 e. The van der Waals surface area contributed by atoms with Crippen molar-refractivity contribution in [3.05, 3.63) is 0 Å². The van der Waals surface area contributed by atoms with Gasteiger partial charge in [0.05, 0.1) is 13.2 Å². The average Bonchev–Trinajstić information content (AvgIpc) is 2.34. The smallest absolute Gasteiger partial charge is 0.305 e. The zero-order valence-corrected chi connectivity index (χ0v) is 12.0. The molecular weight excluding hydrogens is 254 g/mol. The summed E-state index contributed by atoms with van der Waals surface area (Å²) in [5.41, 5.74) is 5.69. The molecule has 0 saturated carbocycles. The van der Waals surface area contributed by atoms with E-state index in [2.05, 4.69) is 4.74 Å². The number of carbonyl (C=O) groups is 2. The predicted molar refractivity (Wildman–Crippen MR) is 71.6 cm³/mol. The first kappa shape index (κ1) is 17.2. The lowest BCUT2D eigenvalue weighted by Crippen LogP contribution is -2.31. The SMILES string of the molecule is COC(=O)CCCCCC(=O)C(N)CCS(C)=O. The molecule has 0 aliphatic carbocycles. The second-order valence-electron chi connectivity index (χ2n) is 4.28. The normalized spacial score (nSPS) is 13.9. The van der Waals surface area contributed by atoms with Gasteiger partial charge in [-0.05, 0) is 19.3 Å². The van der Waals surface area contributed by atoms with Crippen LogP contribution in [0.4, 0.5) is 0 Å². The lowest BCUT2D eigenvalue weighted by atomic mass is 10.0. The van der Waals surface area contributed by atoms with Crippen LogP contribution in [0.15, 0.2) is 0 Å². The third kappa shape index (κ3) is 9.30. The Morgan fingerprint density at radius 3 is 2.39 bits per heavy atom. The molecule has 0 fully saturated rings. The molecule has 2 atom stereocenters. The molecule has 6 heteroatoms. The van der Waals surface area contributed by atoms with Gasteiger partial charge in [-0.3, -0.25) is 13.8 Å². The number of ether oxygens (including phenoxy) is 1. The first-order valence-electron chi connectivity index (χ1n) is 6.12. The van der Waals surface area contributed by atoms with Gasteiger partial charge in [0.1, 0.15) is 5.78 Å². The molecule has 0 spiro atoms. The van der Waals surface area contributed by atoms with E-state index < -0.39 is 16.8 Å². The second kappa shape index (κ2) is 10.2. The summed E-state index contributed by atoms with van der Waals surface area (Å²) in [5, 5.41) is 0. The molecule has 2 N–H and O–H groups in total. The summed E-state index contributed by atoms with van der Waals surface area (Å²) in [7, 11) is 0.462. The van der Waals surface area contributed by atoms with Crippen LogP contribution in [0.1, 0.15) is 38.5 Å². The fraction of sp³-hybridized carbons (Fsp3) is 0.833. The van der Waals surface area contributed by atoms with Crippen molar-refractivity contribution in [2.24, 2.45) is 5.73 Å². The maximum Gasteiger partial charge on any atom is 0.305 e. The van der Waals surface area contributed by atoms with Gasteiger partial charge in [-0.2, -0.15) is 0 Å². The molecule has 106 valence electrons. The Hall–Kier alpha value is -0.750. The minimum atomic E-state index is -0.901. The molecule has 18 heavy (non-hydrogen) atoms. The van der Waals surface area contributed by atoms with Gasteiger partial charge in [0.25, 0.3) is 0 Å². The number of ketones is 1. The van der Waals surface area contributed by atoms with E-state index in [1.165, 1.54) is 7.11 Å². The van der Waals surface area contributed by atoms with Gasteiger partial charge in [-0.25, -0.2) is 0 Å². The van der Waals surface area contributed by atoms with Crippen LogP contribution in [0.25, 0.3) is 0 Å². The van der Waals surface area contributed by atoms with Crippen LogP contribution in [0.2, 0.25) is 0 Å².